The Hall–Kier alpha value is -0.760. The molecule has 5 nitrogen and oxygen atoms in total. The molecule has 0 spiro atoms. The van der Waals surface area contributed by atoms with Gasteiger partial charge in [-0.2, -0.15) is 8.78 Å². The lowest BCUT2D eigenvalue weighted by molar-refractivity contribution is -0.145. The van der Waals surface area contributed by atoms with E-state index in [1.807, 2.05) is 5.32 Å². The molecule has 0 saturated carbocycles. The summed E-state index contributed by atoms with van der Waals surface area (Å²) in [6.45, 7) is 0. The van der Waals surface area contributed by atoms with E-state index in [0.717, 1.165) is 0 Å². The van der Waals surface area contributed by atoms with Gasteiger partial charge in [0.25, 0.3) is 5.91 Å². The van der Waals surface area contributed by atoms with Crippen molar-refractivity contribution in [2.45, 2.75) is 31.2 Å². The Morgan fingerprint density at radius 2 is 2.13 bits per heavy atom. The molecule has 1 rings (SSSR count). The average molecular weight is 242 g/mol. The lowest BCUT2D eigenvalue weighted by Gasteiger charge is -2.15. The van der Waals surface area contributed by atoms with Gasteiger partial charge in [0.1, 0.15) is 0 Å². The monoisotopic (exact) mass is 242 g/mol. The minimum atomic E-state index is -3.76. The molecule has 3 N–H and O–H groups in total. The number of primary sulfonamides is 1. The van der Waals surface area contributed by atoms with Crippen LogP contribution in [0.15, 0.2) is 0 Å². The molecule has 1 aliphatic heterocycles. The highest BCUT2D eigenvalue weighted by atomic mass is 32.2. The lowest BCUT2D eigenvalue weighted by atomic mass is 10.1. The Morgan fingerprint density at radius 3 is 2.67 bits per heavy atom. The standard InChI is InChI=1S/C7H12F2N2O3S/c8-7(9)3-1-2-5(11-6(7)12)4-15(10,13)14/h5H,1-4H2,(H,11,12)(H2,10,13,14). The zero-order chi connectivity index (χ0) is 11.7. The zero-order valence-electron chi connectivity index (χ0n) is 7.87. The van der Waals surface area contributed by atoms with E-state index in [9.17, 15) is 22.0 Å². The number of nitrogens with one attached hydrogen (secondary N) is 1. The Morgan fingerprint density at radius 1 is 1.53 bits per heavy atom. The summed E-state index contributed by atoms with van der Waals surface area (Å²) >= 11 is 0. The predicted octanol–water partition coefficient (Wildman–Crippen LogP) is -0.421. The smallest absolute Gasteiger partial charge is 0.324 e. The Bertz CT molecular complexity index is 355. The van der Waals surface area contributed by atoms with Gasteiger partial charge in [-0.15, -0.1) is 0 Å². The number of carbonyl (C=O) groups excluding carboxylic acids is 1. The molecule has 1 atom stereocenters. The van der Waals surface area contributed by atoms with Gasteiger partial charge in [0.05, 0.1) is 5.75 Å². The van der Waals surface area contributed by atoms with E-state index in [2.05, 4.69) is 0 Å². The van der Waals surface area contributed by atoms with E-state index in [4.69, 9.17) is 5.14 Å². The summed E-state index contributed by atoms with van der Waals surface area (Å²) in [5.74, 6) is -5.34. The van der Waals surface area contributed by atoms with Crippen molar-refractivity contribution < 1.29 is 22.0 Å². The van der Waals surface area contributed by atoms with Crippen molar-refractivity contribution in [1.29, 1.82) is 0 Å². The molecule has 1 saturated heterocycles. The molecule has 15 heavy (non-hydrogen) atoms. The molecule has 0 aromatic heterocycles. The summed E-state index contributed by atoms with van der Waals surface area (Å²) in [7, 11) is -3.76. The van der Waals surface area contributed by atoms with E-state index in [1.54, 1.807) is 0 Å². The number of rotatable bonds is 2. The number of alkyl halides is 2. The largest absolute Gasteiger partial charge is 0.347 e. The second kappa shape index (κ2) is 4.01. The first-order valence-corrected chi connectivity index (χ1v) is 6.11. The van der Waals surface area contributed by atoms with Crippen LogP contribution >= 0.6 is 0 Å². The third-order valence-corrected chi connectivity index (χ3v) is 3.01. The SMILES string of the molecule is NS(=O)(=O)CC1CCCC(F)(F)C(=O)N1. The summed E-state index contributed by atoms with van der Waals surface area (Å²) in [4.78, 5) is 10.9. The van der Waals surface area contributed by atoms with Crippen molar-refractivity contribution in [1.82, 2.24) is 5.32 Å². The normalized spacial score (nSPS) is 26.9. The molecular formula is C7H12F2N2O3S. The quantitative estimate of drug-likeness (QED) is 0.689. The van der Waals surface area contributed by atoms with Crippen LogP contribution < -0.4 is 10.5 Å². The number of halogens is 2. The van der Waals surface area contributed by atoms with Crippen LogP contribution in [0.4, 0.5) is 8.78 Å². The number of amides is 1. The fourth-order valence-electron chi connectivity index (χ4n) is 1.45. The van der Waals surface area contributed by atoms with Crippen LogP contribution in [-0.4, -0.2) is 32.0 Å². The molecule has 1 heterocycles. The second-order valence-corrected chi connectivity index (χ2v) is 5.26. The van der Waals surface area contributed by atoms with Gasteiger partial charge in [0.15, 0.2) is 0 Å². The van der Waals surface area contributed by atoms with Gasteiger partial charge in [-0.25, -0.2) is 13.6 Å². The van der Waals surface area contributed by atoms with E-state index >= 15 is 0 Å². The first-order valence-electron chi connectivity index (χ1n) is 4.40. The maximum Gasteiger partial charge on any atom is 0.324 e. The van der Waals surface area contributed by atoms with E-state index < -0.39 is 40.1 Å². The van der Waals surface area contributed by atoms with E-state index in [0.29, 0.717) is 0 Å². The number of hydrogen-bond acceptors (Lipinski definition) is 3. The topological polar surface area (TPSA) is 89.3 Å². The summed E-state index contributed by atoms with van der Waals surface area (Å²) in [5, 5.41) is 6.74. The molecule has 1 amide bonds. The third-order valence-electron chi connectivity index (χ3n) is 2.14. The van der Waals surface area contributed by atoms with Crippen molar-refractivity contribution in [3.05, 3.63) is 0 Å². The van der Waals surface area contributed by atoms with E-state index in [1.165, 1.54) is 0 Å². The highest BCUT2D eigenvalue weighted by molar-refractivity contribution is 7.89. The van der Waals surface area contributed by atoms with Crippen molar-refractivity contribution in [2.24, 2.45) is 5.14 Å². The third kappa shape index (κ3) is 3.71. The number of nitrogens with two attached hydrogens (primary N) is 1. The van der Waals surface area contributed by atoms with Gasteiger partial charge in [0.2, 0.25) is 10.0 Å². The summed E-state index contributed by atoms with van der Waals surface area (Å²) in [6.07, 6.45) is -0.274. The maximum absolute atomic E-state index is 12.9. The average Bonchev–Trinajstić information content (AvgIpc) is 2.09. The molecule has 0 radical (unpaired) electrons. The second-order valence-electron chi connectivity index (χ2n) is 3.60. The number of sulfonamides is 1. The van der Waals surface area contributed by atoms with Crippen LogP contribution in [0.25, 0.3) is 0 Å². The Labute approximate surface area is 86.1 Å². The van der Waals surface area contributed by atoms with Crippen LogP contribution in [0.5, 0.6) is 0 Å². The van der Waals surface area contributed by atoms with Gasteiger partial charge < -0.3 is 5.32 Å². The Balaban J connectivity index is 2.69. The van der Waals surface area contributed by atoms with Crippen LogP contribution in [0.1, 0.15) is 19.3 Å². The first kappa shape index (κ1) is 12.3. The summed E-state index contributed by atoms with van der Waals surface area (Å²) in [6, 6.07) is -0.819. The molecule has 88 valence electrons. The minimum absolute atomic E-state index is 0.0892. The molecule has 0 aromatic carbocycles. The van der Waals surface area contributed by atoms with Crippen molar-refractivity contribution >= 4 is 15.9 Å². The van der Waals surface area contributed by atoms with Gasteiger partial charge >= 0.3 is 5.92 Å². The molecule has 8 heteroatoms. The zero-order valence-corrected chi connectivity index (χ0v) is 8.69. The molecule has 1 aliphatic rings. The van der Waals surface area contributed by atoms with Gasteiger partial charge in [-0.3, -0.25) is 4.79 Å². The van der Waals surface area contributed by atoms with Crippen molar-refractivity contribution in [3.8, 4) is 0 Å². The van der Waals surface area contributed by atoms with Crippen molar-refractivity contribution in [2.75, 3.05) is 5.75 Å². The maximum atomic E-state index is 12.9. The Kier molecular flexibility index (Phi) is 3.29. The molecule has 0 bridgehead atoms. The van der Waals surface area contributed by atoms with Crippen LogP contribution in [0.3, 0.4) is 0 Å². The molecule has 0 aromatic rings. The number of carbonyl (C=O) groups is 1. The van der Waals surface area contributed by atoms with Gasteiger partial charge in [0, 0.05) is 12.5 Å². The minimum Gasteiger partial charge on any atom is -0.347 e. The first-order chi connectivity index (χ1) is 6.71. The molecule has 1 unspecified atom stereocenters. The van der Waals surface area contributed by atoms with Crippen LogP contribution in [0, 0.1) is 0 Å². The van der Waals surface area contributed by atoms with E-state index in [-0.39, 0.29) is 12.8 Å². The van der Waals surface area contributed by atoms with Gasteiger partial charge in [-0.1, -0.05) is 0 Å². The summed E-state index contributed by atoms with van der Waals surface area (Å²) in [5.41, 5.74) is 0. The fourth-order valence-corrected chi connectivity index (χ4v) is 2.26. The van der Waals surface area contributed by atoms with Crippen molar-refractivity contribution in [3.63, 3.8) is 0 Å². The summed E-state index contributed by atoms with van der Waals surface area (Å²) < 4.78 is 47.2. The molecular weight excluding hydrogens is 230 g/mol. The highest BCUT2D eigenvalue weighted by Crippen LogP contribution is 2.25. The molecule has 1 fully saturated rings. The lowest BCUT2D eigenvalue weighted by Crippen LogP contribution is -2.45. The van der Waals surface area contributed by atoms with Crippen LogP contribution in [0.2, 0.25) is 0 Å². The predicted molar refractivity (Wildman–Crippen MR) is 48.7 cm³/mol. The van der Waals surface area contributed by atoms with Crippen LogP contribution in [-0.2, 0) is 14.8 Å². The highest BCUT2D eigenvalue weighted by Gasteiger charge is 2.41. The van der Waals surface area contributed by atoms with Gasteiger partial charge in [-0.05, 0) is 12.8 Å². The molecule has 0 aliphatic carbocycles. The fraction of sp³-hybridized carbons (Fsp3) is 0.857. The number of hydrogen-bond donors (Lipinski definition) is 2.